The zero-order chi connectivity index (χ0) is 53.5. The van der Waals surface area contributed by atoms with Crippen molar-refractivity contribution in [1.82, 2.24) is 25.3 Å². The van der Waals surface area contributed by atoms with Crippen LogP contribution in [0.5, 0.6) is 0 Å². The summed E-state index contributed by atoms with van der Waals surface area (Å²) in [6, 6.07) is 0. The van der Waals surface area contributed by atoms with Gasteiger partial charge >= 0.3 is 18.0 Å². The SMILES string of the molecule is CC(=O)OCC(=O)Nc1c(I)c(C(=O)NCCN(CCNC(=O)OC(C)(C)C)C(=O)c2c(I)c(NC(=O)COC(C)=O)c(I)c(C(=O)N(C)CC(O)CO)c2I)c(I)c(C(=O)N(C)CC(O)CO)c1I. The lowest BCUT2D eigenvalue weighted by Crippen LogP contribution is -2.44. The molecule has 0 bridgehead atoms. The second-order valence-corrected chi connectivity index (χ2v) is 22.3. The van der Waals surface area contributed by atoms with Gasteiger partial charge in [-0.1, -0.05) is 0 Å². The Morgan fingerprint density at radius 3 is 1.30 bits per heavy atom. The molecule has 29 heteroatoms. The van der Waals surface area contributed by atoms with Crippen molar-refractivity contribution in [3.8, 4) is 0 Å². The number of amides is 7. The molecule has 0 aliphatic carbocycles. The van der Waals surface area contributed by atoms with Gasteiger partial charge in [-0.05, 0) is 156 Å². The molecule has 0 heterocycles. The molecule has 2 atom stereocenters. The highest BCUT2D eigenvalue weighted by atomic mass is 127. The first kappa shape index (κ1) is 63.8. The molecule has 0 aliphatic rings. The predicted molar refractivity (Wildman–Crippen MR) is 302 cm³/mol. The molecule has 2 aromatic rings. The maximum Gasteiger partial charge on any atom is 0.407 e. The van der Waals surface area contributed by atoms with Crippen LogP contribution in [-0.4, -0.2) is 186 Å². The highest BCUT2D eigenvalue weighted by Gasteiger charge is 2.34. The third-order valence-electron chi connectivity index (χ3n) is 8.93. The van der Waals surface area contributed by atoms with Crippen molar-refractivity contribution in [2.24, 2.45) is 0 Å². The summed E-state index contributed by atoms with van der Waals surface area (Å²) in [6.07, 6.45) is -3.42. The molecule has 0 aromatic heterocycles. The molecule has 0 saturated heterocycles. The summed E-state index contributed by atoms with van der Waals surface area (Å²) in [5.74, 6) is -5.98. The normalized spacial score (nSPS) is 11.9. The van der Waals surface area contributed by atoms with Crippen LogP contribution in [0, 0.1) is 21.4 Å². The van der Waals surface area contributed by atoms with Crippen molar-refractivity contribution in [2.75, 3.05) is 90.4 Å². The minimum absolute atomic E-state index is 0.00202. The Hall–Kier alpha value is -2.31. The van der Waals surface area contributed by atoms with Gasteiger partial charge in [0.15, 0.2) is 13.2 Å². The van der Waals surface area contributed by atoms with Crippen LogP contribution in [0.1, 0.15) is 76.1 Å². The van der Waals surface area contributed by atoms with Gasteiger partial charge in [0.1, 0.15) is 5.60 Å². The fraction of sp³-hybridized carbons (Fsp3) is 0.488. The van der Waals surface area contributed by atoms with E-state index in [9.17, 15) is 63.6 Å². The number of anilines is 2. The summed E-state index contributed by atoms with van der Waals surface area (Å²) >= 11 is 10.9. The highest BCUT2D eigenvalue weighted by molar-refractivity contribution is 14.1. The molecule has 0 saturated carbocycles. The average Bonchev–Trinajstić information content (AvgIpc) is 3.26. The molecule has 8 N–H and O–H groups in total. The highest BCUT2D eigenvalue weighted by Crippen LogP contribution is 2.38. The molecule has 7 amide bonds. The number of alkyl carbamates (subject to hydrolysis) is 1. The molecule has 70 heavy (non-hydrogen) atoms. The Morgan fingerprint density at radius 1 is 0.571 bits per heavy atom. The number of nitrogens with one attached hydrogen (secondary N) is 4. The Morgan fingerprint density at radius 2 is 0.929 bits per heavy atom. The predicted octanol–water partition coefficient (Wildman–Crippen LogP) is 2.56. The Labute approximate surface area is 484 Å². The number of hydrogen-bond acceptors (Lipinski definition) is 16. The second kappa shape index (κ2) is 29.5. The second-order valence-electron chi connectivity index (χ2n) is 15.8. The molecular formula is C41H51I6N7O16. The van der Waals surface area contributed by atoms with E-state index in [-0.39, 0.29) is 94.3 Å². The number of carbonyl (C=O) groups excluding carboxylic acids is 9. The summed E-state index contributed by atoms with van der Waals surface area (Å²) in [5.41, 5.74) is -1.14. The average molecular weight is 1660 g/mol. The van der Waals surface area contributed by atoms with Gasteiger partial charge in [-0.3, -0.25) is 38.4 Å². The van der Waals surface area contributed by atoms with Gasteiger partial charge in [-0.2, -0.15) is 0 Å². The smallest absolute Gasteiger partial charge is 0.407 e. The van der Waals surface area contributed by atoms with Crippen LogP contribution in [-0.2, 0) is 33.4 Å². The van der Waals surface area contributed by atoms with Gasteiger partial charge in [0.2, 0.25) is 0 Å². The number of carbonyl (C=O) groups is 9. The van der Waals surface area contributed by atoms with Gasteiger partial charge in [0.05, 0.1) is 73.3 Å². The van der Waals surface area contributed by atoms with E-state index in [1.54, 1.807) is 66.0 Å². The summed E-state index contributed by atoms with van der Waals surface area (Å²) in [6.45, 7) is 2.92. The first-order valence-electron chi connectivity index (χ1n) is 20.4. The third kappa shape index (κ3) is 18.9. The van der Waals surface area contributed by atoms with Crippen LogP contribution in [0.2, 0.25) is 0 Å². The first-order chi connectivity index (χ1) is 32.5. The van der Waals surface area contributed by atoms with Crippen molar-refractivity contribution in [1.29, 1.82) is 0 Å². The molecule has 0 fully saturated rings. The molecule has 2 unspecified atom stereocenters. The molecule has 23 nitrogen and oxygen atoms in total. The lowest BCUT2D eigenvalue weighted by atomic mass is 10.1. The van der Waals surface area contributed by atoms with Crippen LogP contribution in [0.15, 0.2) is 0 Å². The molecule has 2 aromatic carbocycles. The number of benzene rings is 2. The number of halogens is 6. The van der Waals surface area contributed by atoms with Gasteiger partial charge in [0.25, 0.3) is 35.4 Å². The molecule has 0 spiro atoms. The topological polar surface area (TPSA) is 320 Å². The largest absolute Gasteiger partial charge is 0.456 e. The van der Waals surface area contributed by atoms with Crippen LogP contribution < -0.4 is 21.3 Å². The van der Waals surface area contributed by atoms with Crippen LogP contribution in [0.4, 0.5) is 16.2 Å². The summed E-state index contributed by atoms with van der Waals surface area (Å²) < 4.78 is 16.0. The fourth-order valence-electron chi connectivity index (χ4n) is 5.76. The lowest BCUT2D eigenvalue weighted by Gasteiger charge is -2.28. The van der Waals surface area contributed by atoms with E-state index in [0.29, 0.717) is 0 Å². The van der Waals surface area contributed by atoms with E-state index in [1.165, 1.54) is 19.0 Å². The van der Waals surface area contributed by atoms with Crippen molar-refractivity contribution < 1.29 is 77.8 Å². The maximum absolute atomic E-state index is 15.0. The lowest BCUT2D eigenvalue weighted by molar-refractivity contribution is -0.145. The third-order valence-corrected chi connectivity index (χ3v) is 15.4. The van der Waals surface area contributed by atoms with Gasteiger partial charge in [-0.25, -0.2) is 4.79 Å². The van der Waals surface area contributed by atoms with Crippen LogP contribution in [0.3, 0.4) is 0 Å². The minimum atomic E-state index is -1.32. The summed E-state index contributed by atoms with van der Waals surface area (Å²) in [4.78, 5) is 122. The zero-order valence-corrected chi connectivity index (χ0v) is 51.5. The molecule has 2 rings (SSSR count). The molecule has 0 radical (unpaired) electrons. The van der Waals surface area contributed by atoms with Crippen molar-refractivity contribution in [3.63, 3.8) is 0 Å². The Bertz CT molecular complexity index is 2350. The summed E-state index contributed by atoms with van der Waals surface area (Å²) in [5, 5.41) is 49.7. The van der Waals surface area contributed by atoms with Crippen LogP contribution >= 0.6 is 136 Å². The summed E-state index contributed by atoms with van der Waals surface area (Å²) in [7, 11) is 2.72. The van der Waals surface area contributed by atoms with E-state index >= 15 is 0 Å². The van der Waals surface area contributed by atoms with Crippen molar-refractivity contribution in [2.45, 2.75) is 52.4 Å². The van der Waals surface area contributed by atoms with E-state index in [4.69, 9.17) is 14.2 Å². The number of ether oxygens (including phenoxy) is 3. The fourth-order valence-corrected chi connectivity index (χ4v) is 14.5. The molecular weight excluding hydrogens is 1610 g/mol. The van der Waals surface area contributed by atoms with Crippen molar-refractivity contribution in [3.05, 3.63) is 43.7 Å². The number of aliphatic hydroxyl groups excluding tert-OH is 4. The van der Waals surface area contributed by atoms with Crippen LogP contribution in [0.25, 0.3) is 0 Å². The quantitative estimate of drug-likeness (QED) is 0.0477. The zero-order valence-electron chi connectivity index (χ0n) is 38.5. The number of hydrogen-bond donors (Lipinski definition) is 8. The van der Waals surface area contributed by atoms with Gasteiger partial charge in [-0.15, -0.1) is 0 Å². The number of rotatable bonds is 22. The molecule has 388 valence electrons. The number of likely N-dealkylation sites (N-methyl/N-ethyl adjacent to an activating group) is 2. The van der Waals surface area contributed by atoms with E-state index in [2.05, 4.69) is 21.3 Å². The minimum Gasteiger partial charge on any atom is -0.456 e. The number of esters is 2. The van der Waals surface area contributed by atoms with E-state index in [0.717, 1.165) is 23.6 Å². The number of aliphatic hydroxyl groups is 4. The van der Waals surface area contributed by atoms with E-state index in [1.807, 2.05) is 90.4 Å². The Kier molecular flexibility index (Phi) is 26.9. The van der Waals surface area contributed by atoms with Gasteiger partial charge < -0.3 is 70.6 Å². The monoisotopic (exact) mass is 1660 g/mol. The maximum atomic E-state index is 15.0. The van der Waals surface area contributed by atoms with E-state index < -0.39 is 97.7 Å². The standard InChI is InChI=1S/C41H51I6N7O16/c1-18(57)68-16-22(61)50-34-30(44)24(28(42)25(31(34)45)37(64)52(6)12-20(59)14-55)36(63)48-8-10-54(11-9-49-40(67)70-41(3,4)5)39(66)27-29(43)26(38(65)53(7)13-21(60)15-56)32(46)35(33(27)47)51-23(62)17-69-19(2)58/h20-21,55-56,59-60H,8-17H2,1-7H3,(H,48,63)(H,49,67)(H,50,61)(H,51,62). The number of nitrogens with zero attached hydrogens (tertiary/aromatic N) is 3. The molecule has 0 aliphatic heterocycles. The first-order valence-corrected chi connectivity index (χ1v) is 26.9. The Balaban J connectivity index is 2.80. The van der Waals surface area contributed by atoms with Gasteiger partial charge in [0, 0.05) is 74.4 Å². The van der Waals surface area contributed by atoms with Crippen molar-refractivity contribution >= 4 is 200 Å².